The van der Waals surface area contributed by atoms with Crippen molar-refractivity contribution < 1.29 is 38.7 Å². The highest BCUT2D eigenvalue weighted by molar-refractivity contribution is 5.92. The molecule has 0 radical (unpaired) electrons. The molecule has 3 aromatic rings. The van der Waals surface area contributed by atoms with E-state index in [9.17, 15) is 14.7 Å². The summed E-state index contributed by atoms with van der Waals surface area (Å²) in [4.78, 5) is 24.3. The number of hydrogen-bond acceptors (Lipinski definition) is 8. The lowest BCUT2D eigenvalue weighted by Crippen LogP contribution is -2.14. The zero-order valence-electron chi connectivity index (χ0n) is 30.6. The second kappa shape index (κ2) is 21.0. The number of esters is 2. The second-order valence-electron chi connectivity index (χ2n) is 13.6. The van der Waals surface area contributed by atoms with E-state index < -0.39 is 25.3 Å². The van der Waals surface area contributed by atoms with Gasteiger partial charge in [0.1, 0.15) is 11.5 Å². The Morgan fingerprint density at radius 1 is 0.712 bits per heavy atom. The van der Waals surface area contributed by atoms with Crippen LogP contribution in [0.5, 0.6) is 11.5 Å². The van der Waals surface area contributed by atoms with Crippen molar-refractivity contribution in [1.29, 1.82) is 0 Å². The zero-order valence-corrected chi connectivity index (χ0v) is 30.6. The van der Waals surface area contributed by atoms with Crippen LogP contribution in [0.1, 0.15) is 87.3 Å². The van der Waals surface area contributed by atoms with E-state index in [1.807, 2.05) is 12.1 Å². The van der Waals surface area contributed by atoms with Gasteiger partial charge in [-0.05, 0) is 95.9 Å². The minimum Gasteiger partial charge on any atom is -0.457 e. The minimum atomic E-state index is -0.761. The van der Waals surface area contributed by atoms with Crippen LogP contribution in [0.4, 0.5) is 0 Å². The van der Waals surface area contributed by atoms with E-state index in [1.54, 1.807) is 18.2 Å². The number of rotatable bonds is 21. The van der Waals surface area contributed by atoms with Crippen molar-refractivity contribution in [2.45, 2.75) is 83.5 Å². The van der Waals surface area contributed by atoms with Crippen molar-refractivity contribution in [3.63, 3.8) is 0 Å². The van der Waals surface area contributed by atoms with Crippen molar-refractivity contribution in [2.24, 2.45) is 5.92 Å². The summed E-state index contributed by atoms with van der Waals surface area (Å²) in [5.41, 5.74) is 5.95. The fourth-order valence-corrected chi connectivity index (χ4v) is 6.45. The smallest absolute Gasteiger partial charge is 0.340 e. The summed E-state index contributed by atoms with van der Waals surface area (Å²) >= 11 is 0. The summed E-state index contributed by atoms with van der Waals surface area (Å²) in [6.45, 7) is 11.6. The number of carbonyl (C=O) groups is 2. The predicted molar refractivity (Wildman–Crippen MR) is 204 cm³/mol. The minimum absolute atomic E-state index is 0.0453. The molecule has 1 aliphatic carbocycles. The van der Waals surface area contributed by atoms with Gasteiger partial charge in [-0.25, -0.2) is 9.59 Å². The standard InChI is InChI=1S/C44H54O8/c1-5-6-7-8-34-11-17-37(18-12-34)38-19-13-35(14-20-38)9-10-36-15-21-39(22-16-36)40-25-41(49-29-51-43(47)31(2)23-24-45)27-42(26-40)50-30-52-44(48)33(4)32(3)28-46/h13-16,19-22,25-27,34,37,45-46H,2-12,17-18,23-24,28-30H2,1H3. The molecule has 1 fully saturated rings. The van der Waals surface area contributed by atoms with Crippen LogP contribution >= 0.6 is 0 Å². The Morgan fingerprint density at radius 2 is 1.29 bits per heavy atom. The Labute approximate surface area is 308 Å². The van der Waals surface area contributed by atoms with Gasteiger partial charge >= 0.3 is 11.9 Å². The number of ether oxygens (including phenoxy) is 4. The number of unbranched alkanes of at least 4 members (excludes halogenated alkanes) is 2. The number of aryl methyl sites for hydroxylation is 2. The molecule has 0 bridgehead atoms. The van der Waals surface area contributed by atoms with Crippen LogP contribution in [0.3, 0.4) is 0 Å². The molecular formula is C44H54O8. The molecule has 1 saturated carbocycles. The molecule has 0 heterocycles. The van der Waals surface area contributed by atoms with Crippen molar-refractivity contribution >= 4 is 11.9 Å². The summed E-state index contributed by atoms with van der Waals surface area (Å²) in [5.74, 6) is 0.881. The van der Waals surface area contributed by atoms with Gasteiger partial charge in [-0.15, -0.1) is 0 Å². The van der Waals surface area contributed by atoms with Crippen molar-refractivity contribution in [3.8, 4) is 22.6 Å². The molecule has 0 amide bonds. The summed E-state index contributed by atoms with van der Waals surface area (Å²) < 4.78 is 21.7. The van der Waals surface area contributed by atoms with Crippen molar-refractivity contribution in [1.82, 2.24) is 0 Å². The van der Waals surface area contributed by atoms with Gasteiger partial charge in [0.25, 0.3) is 0 Å². The molecule has 0 saturated heterocycles. The normalized spacial score (nSPS) is 15.4. The number of aliphatic hydroxyl groups is 2. The molecule has 1 aliphatic rings. The maximum absolute atomic E-state index is 12.2. The highest BCUT2D eigenvalue weighted by Crippen LogP contribution is 2.38. The van der Waals surface area contributed by atoms with Crippen LogP contribution in [0.25, 0.3) is 11.1 Å². The third-order valence-electron chi connectivity index (χ3n) is 9.78. The first-order chi connectivity index (χ1) is 25.2. The van der Waals surface area contributed by atoms with Gasteiger partial charge in [-0.1, -0.05) is 101 Å². The van der Waals surface area contributed by atoms with E-state index in [2.05, 4.69) is 63.1 Å². The van der Waals surface area contributed by atoms with Gasteiger partial charge in [-0.2, -0.15) is 0 Å². The number of benzene rings is 3. The summed E-state index contributed by atoms with van der Waals surface area (Å²) in [7, 11) is 0. The summed E-state index contributed by atoms with van der Waals surface area (Å²) in [6.07, 6.45) is 12.8. The first kappa shape index (κ1) is 40.1. The predicted octanol–water partition coefficient (Wildman–Crippen LogP) is 8.80. The van der Waals surface area contributed by atoms with Crippen molar-refractivity contribution in [2.75, 3.05) is 26.8 Å². The quantitative estimate of drug-likeness (QED) is 0.0371. The number of hydrogen-bond donors (Lipinski definition) is 2. The molecule has 278 valence electrons. The maximum atomic E-state index is 12.2. The Morgan fingerprint density at radius 3 is 1.85 bits per heavy atom. The number of carbonyl (C=O) groups excluding carboxylic acids is 2. The van der Waals surface area contributed by atoms with Gasteiger partial charge in [-0.3, -0.25) is 0 Å². The second-order valence-corrected chi connectivity index (χ2v) is 13.6. The first-order valence-electron chi connectivity index (χ1n) is 18.4. The van der Waals surface area contributed by atoms with E-state index >= 15 is 0 Å². The average Bonchev–Trinajstić information content (AvgIpc) is 3.17. The highest BCUT2D eigenvalue weighted by atomic mass is 16.7. The molecule has 0 spiro atoms. The topological polar surface area (TPSA) is 112 Å². The van der Waals surface area contributed by atoms with Gasteiger partial charge in [0.05, 0.1) is 12.2 Å². The van der Waals surface area contributed by atoms with E-state index in [1.165, 1.54) is 68.1 Å². The maximum Gasteiger partial charge on any atom is 0.340 e. The molecule has 8 heteroatoms. The Balaban J connectivity index is 1.36. The van der Waals surface area contributed by atoms with Gasteiger partial charge in [0.15, 0.2) is 0 Å². The van der Waals surface area contributed by atoms with E-state index in [0.29, 0.717) is 17.4 Å². The van der Waals surface area contributed by atoms with Crippen LogP contribution in [0, 0.1) is 5.92 Å². The van der Waals surface area contributed by atoms with E-state index in [4.69, 9.17) is 24.1 Å². The molecule has 4 rings (SSSR count). The molecule has 0 aromatic heterocycles. The Bertz CT molecular complexity index is 1630. The lowest BCUT2D eigenvalue weighted by molar-refractivity contribution is -0.146. The van der Waals surface area contributed by atoms with Crippen LogP contribution in [0.2, 0.25) is 0 Å². The first-order valence-corrected chi connectivity index (χ1v) is 18.4. The lowest BCUT2D eigenvalue weighted by Gasteiger charge is -2.29. The van der Waals surface area contributed by atoms with Crippen LogP contribution in [-0.2, 0) is 31.9 Å². The molecule has 0 aliphatic heterocycles. The number of aliphatic hydroxyl groups excluding tert-OH is 2. The third kappa shape index (κ3) is 12.5. The monoisotopic (exact) mass is 710 g/mol. The fraction of sp³-hybridized carbons (Fsp3) is 0.409. The van der Waals surface area contributed by atoms with Gasteiger partial charge < -0.3 is 29.2 Å². The molecular weight excluding hydrogens is 656 g/mol. The van der Waals surface area contributed by atoms with Crippen molar-refractivity contribution in [3.05, 3.63) is 120 Å². The molecule has 3 aromatic carbocycles. The largest absolute Gasteiger partial charge is 0.457 e. The Kier molecular flexibility index (Phi) is 16.2. The summed E-state index contributed by atoms with van der Waals surface area (Å²) in [6, 6.07) is 22.7. The third-order valence-corrected chi connectivity index (χ3v) is 9.78. The Hall–Kier alpha value is -4.66. The van der Waals surface area contributed by atoms with Gasteiger partial charge in [0, 0.05) is 24.7 Å². The fourth-order valence-electron chi connectivity index (χ4n) is 6.45. The molecule has 0 unspecified atom stereocenters. The van der Waals surface area contributed by atoms with Gasteiger partial charge in [0.2, 0.25) is 13.6 Å². The van der Waals surface area contributed by atoms with Crippen LogP contribution < -0.4 is 9.47 Å². The molecule has 2 N–H and O–H groups in total. The zero-order chi connectivity index (χ0) is 37.3. The average molecular weight is 711 g/mol. The van der Waals surface area contributed by atoms with E-state index in [0.717, 1.165) is 29.9 Å². The van der Waals surface area contributed by atoms with E-state index in [-0.39, 0.29) is 36.5 Å². The molecule has 0 atom stereocenters. The SMILES string of the molecule is C=C(CO)C(=C)C(=O)OCOc1cc(OCOC(=O)C(=C)CCO)cc(-c2ccc(CCc3ccc(C4CCC(CCCCC)CC4)cc3)cc2)c1. The molecule has 52 heavy (non-hydrogen) atoms. The van der Waals surface area contributed by atoms with Crippen LogP contribution in [-0.4, -0.2) is 49.0 Å². The lowest BCUT2D eigenvalue weighted by atomic mass is 9.77. The molecule has 8 nitrogen and oxygen atoms in total. The highest BCUT2D eigenvalue weighted by Gasteiger charge is 2.22. The van der Waals surface area contributed by atoms with Crippen LogP contribution in [0.15, 0.2) is 103 Å². The summed E-state index contributed by atoms with van der Waals surface area (Å²) in [5, 5.41) is 18.3.